The van der Waals surface area contributed by atoms with Crippen LogP contribution >= 0.6 is 12.4 Å². The summed E-state index contributed by atoms with van der Waals surface area (Å²) in [5.41, 5.74) is 2.04. The predicted molar refractivity (Wildman–Crippen MR) is 89.9 cm³/mol. The van der Waals surface area contributed by atoms with Crippen molar-refractivity contribution in [2.45, 2.75) is 26.2 Å². The van der Waals surface area contributed by atoms with Gasteiger partial charge in [-0.2, -0.15) is 0 Å². The van der Waals surface area contributed by atoms with Crippen molar-refractivity contribution in [2.24, 2.45) is 5.92 Å². The molecule has 6 heteroatoms. The van der Waals surface area contributed by atoms with Gasteiger partial charge in [-0.05, 0) is 43.5 Å². The number of anilines is 1. The minimum absolute atomic E-state index is 0. The number of amides is 1. The summed E-state index contributed by atoms with van der Waals surface area (Å²) in [4.78, 5) is 11.4. The van der Waals surface area contributed by atoms with E-state index in [0.29, 0.717) is 13.0 Å². The lowest BCUT2D eigenvalue weighted by Gasteiger charge is -2.17. The van der Waals surface area contributed by atoms with Crippen molar-refractivity contribution in [1.29, 1.82) is 0 Å². The monoisotopic (exact) mass is 328 g/mol. The number of nitrogens with one attached hydrogen (secondary N) is 2. The Hall–Kier alpha value is -1.30. The maximum atomic E-state index is 11.4. The fourth-order valence-electron chi connectivity index (χ4n) is 2.24. The van der Waals surface area contributed by atoms with E-state index in [9.17, 15) is 4.79 Å². The number of aliphatic hydroxyl groups excluding tert-OH is 1. The second-order valence-corrected chi connectivity index (χ2v) is 5.56. The van der Waals surface area contributed by atoms with E-state index in [-0.39, 0.29) is 30.8 Å². The van der Waals surface area contributed by atoms with Gasteiger partial charge in [-0.1, -0.05) is 13.0 Å². The van der Waals surface area contributed by atoms with E-state index < -0.39 is 0 Å². The Morgan fingerprint density at radius 1 is 1.41 bits per heavy atom. The summed E-state index contributed by atoms with van der Waals surface area (Å²) in [5, 5.41) is 15.1. The molecule has 124 valence electrons. The fourth-order valence-corrected chi connectivity index (χ4v) is 2.24. The number of hydrogen-bond acceptors (Lipinski definition) is 4. The van der Waals surface area contributed by atoms with Gasteiger partial charge >= 0.3 is 0 Å². The van der Waals surface area contributed by atoms with Gasteiger partial charge in [0.25, 0.3) is 0 Å². The summed E-state index contributed by atoms with van der Waals surface area (Å²) in [6.45, 7) is 4.54. The topological polar surface area (TPSA) is 70.6 Å². The van der Waals surface area contributed by atoms with Crippen LogP contribution < -0.4 is 15.4 Å². The van der Waals surface area contributed by atoms with Crippen molar-refractivity contribution in [3.63, 3.8) is 0 Å². The maximum absolute atomic E-state index is 11.4. The zero-order chi connectivity index (χ0) is 15.1. The summed E-state index contributed by atoms with van der Waals surface area (Å²) in [6, 6.07) is 5.87. The van der Waals surface area contributed by atoms with Gasteiger partial charge in [0.2, 0.25) is 5.91 Å². The van der Waals surface area contributed by atoms with E-state index in [4.69, 9.17) is 9.84 Å². The minimum Gasteiger partial charge on any atom is -0.493 e. The maximum Gasteiger partial charge on any atom is 0.224 e. The number of halogens is 1. The molecule has 0 radical (unpaired) electrons. The lowest BCUT2D eigenvalue weighted by atomic mass is 10.0. The highest BCUT2D eigenvalue weighted by molar-refractivity contribution is 5.94. The Bertz CT molecular complexity index is 482. The average molecular weight is 329 g/mol. The van der Waals surface area contributed by atoms with Crippen LogP contribution in [0.1, 0.15) is 25.3 Å². The van der Waals surface area contributed by atoms with E-state index in [0.717, 1.165) is 37.4 Å². The van der Waals surface area contributed by atoms with E-state index in [1.165, 1.54) is 5.56 Å². The van der Waals surface area contributed by atoms with Crippen molar-refractivity contribution in [3.8, 4) is 5.75 Å². The second-order valence-electron chi connectivity index (χ2n) is 5.56. The Balaban J connectivity index is 0.00000242. The van der Waals surface area contributed by atoms with Crippen molar-refractivity contribution in [1.82, 2.24) is 5.32 Å². The summed E-state index contributed by atoms with van der Waals surface area (Å²) in [5.74, 6) is 1.15. The number of carbonyl (C=O) groups is 1. The molecule has 2 rings (SSSR count). The third-order valence-corrected chi connectivity index (χ3v) is 3.55. The molecule has 0 aromatic heterocycles. The molecule has 1 aliphatic rings. The fraction of sp³-hybridized carbons (Fsp3) is 0.562. The Morgan fingerprint density at radius 3 is 3.00 bits per heavy atom. The normalized spacial score (nSPS) is 14.5. The van der Waals surface area contributed by atoms with E-state index in [1.807, 2.05) is 25.1 Å². The first-order chi connectivity index (χ1) is 10.2. The van der Waals surface area contributed by atoms with E-state index in [2.05, 4.69) is 10.6 Å². The molecule has 0 aliphatic carbocycles. The average Bonchev–Trinajstić information content (AvgIpc) is 2.49. The summed E-state index contributed by atoms with van der Waals surface area (Å²) >= 11 is 0. The molecule has 0 fully saturated rings. The molecule has 5 nitrogen and oxygen atoms in total. The van der Waals surface area contributed by atoms with Gasteiger partial charge in [0, 0.05) is 24.8 Å². The van der Waals surface area contributed by atoms with Crippen LogP contribution in [0, 0.1) is 5.92 Å². The summed E-state index contributed by atoms with van der Waals surface area (Å²) in [7, 11) is 0. The number of rotatable bonds is 8. The molecule has 1 unspecified atom stereocenters. The molecule has 0 saturated heterocycles. The first kappa shape index (κ1) is 18.7. The molecular formula is C16H25ClN2O3. The summed E-state index contributed by atoms with van der Waals surface area (Å²) < 4.78 is 5.70. The standard InChI is InChI=1S/C16H24N2O3.ClH/c1-12(11-19)10-17-7-2-8-21-14-5-3-13-4-6-16(20)18-15(13)9-14;/h3,5,9,12,17,19H,2,4,6-8,10-11H2,1H3,(H,18,20);1H. The number of benzene rings is 1. The molecule has 1 amide bonds. The van der Waals surface area contributed by atoms with Crippen LogP contribution in [0.5, 0.6) is 5.75 Å². The molecule has 0 spiro atoms. The van der Waals surface area contributed by atoms with Crippen LogP contribution in [0.2, 0.25) is 0 Å². The zero-order valence-corrected chi connectivity index (χ0v) is 13.7. The van der Waals surface area contributed by atoms with Crippen LogP contribution in [0.25, 0.3) is 0 Å². The molecule has 1 heterocycles. The number of ether oxygens (including phenoxy) is 1. The first-order valence-corrected chi connectivity index (χ1v) is 7.56. The van der Waals surface area contributed by atoms with Crippen LogP contribution in [0.15, 0.2) is 18.2 Å². The van der Waals surface area contributed by atoms with Gasteiger partial charge in [0.15, 0.2) is 0 Å². The highest BCUT2D eigenvalue weighted by atomic mass is 35.5. The predicted octanol–water partition coefficient (Wildman–Crippen LogP) is 1.98. The molecule has 1 aliphatic heterocycles. The number of fused-ring (bicyclic) bond motifs is 1. The van der Waals surface area contributed by atoms with E-state index in [1.54, 1.807) is 0 Å². The van der Waals surface area contributed by atoms with Gasteiger partial charge in [-0.15, -0.1) is 12.4 Å². The smallest absolute Gasteiger partial charge is 0.224 e. The molecule has 0 bridgehead atoms. The number of aryl methyl sites for hydroxylation is 1. The van der Waals surface area contributed by atoms with Gasteiger partial charge in [0.1, 0.15) is 5.75 Å². The molecule has 1 atom stereocenters. The molecule has 3 N–H and O–H groups in total. The minimum atomic E-state index is 0. The van der Waals surface area contributed by atoms with Gasteiger partial charge in [-0.25, -0.2) is 0 Å². The first-order valence-electron chi connectivity index (χ1n) is 7.56. The zero-order valence-electron chi connectivity index (χ0n) is 12.9. The second kappa shape index (κ2) is 9.66. The van der Waals surface area contributed by atoms with Crippen LogP contribution in [-0.2, 0) is 11.2 Å². The highest BCUT2D eigenvalue weighted by Gasteiger charge is 2.14. The van der Waals surface area contributed by atoms with Gasteiger partial charge in [0.05, 0.1) is 6.61 Å². The van der Waals surface area contributed by atoms with Crippen LogP contribution in [0.3, 0.4) is 0 Å². The van der Waals surface area contributed by atoms with Gasteiger partial charge < -0.3 is 20.5 Å². The Kier molecular flexibility index (Phi) is 8.24. The lowest BCUT2D eigenvalue weighted by molar-refractivity contribution is -0.116. The lowest BCUT2D eigenvalue weighted by Crippen LogP contribution is -2.25. The third-order valence-electron chi connectivity index (χ3n) is 3.55. The molecular weight excluding hydrogens is 304 g/mol. The molecule has 1 aromatic carbocycles. The third kappa shape index (κ3) is 5.83. The Morgan fingerprint density at radius 2 is 2.23 bits per heavy atom. The van der Waals surface area contributed by atoms with Crippen molar-refractivity contribution in [2.75, 3.05) is 31.6 Å². The van der Waals surface area contributed by atoms with E-state index >= 15 is 0 Å². The summed E-state index contributed by atoms with van der Waals surface area (Å²) in [6.07, 6.45) is 2.27. The number of aliphatic hydroxyl groups is 1. The highest BCUT2D eigenvalue weighted by Crippen LogP contribution is 2.27. The molecule has 1 aromatic rings. The SMILES string of the molecule is CC(CO)CNCCCOc1ccc2c(c1)NC(=O)CC2.Cl. The van der Waals surface area contributed by atoms with Crippen molar-refractivity contribution in [3.05, 3.63) is 23.8 Å². The largest absolute Gasteiger partial charge is 0.493 e. The van der Waals surface area contributed by atoms with Crippen molar-refractivity contribution >= 4 is 24.0 Å². The van der Waals surface area contributed by atoms with Crippen LogP contribution in [0.4, 0.5) is 5.69 Å². The molecule has 0 saturated carbocycles. The quantitative estimate of drug-likeness (QED) is 0.638. The van der Waals surface area contributed by atoms with Gasteiger partial charge in [-0.3, -0.25) is 4.79 Å². The molecule has 22 heavy (non-hydrogen) atoms. The number of carbonyl (C=O) groups excluding carboxylic acids is 1. The van der Waals surface area contributed by atoms with Crippen molar-refractivity contribution < 1.29 is 14.6 Å². The Labute approximate surface area is 137 Å². The number of hydrogen-bond donors (Lipinski definition) is 3. The van der Waals surface area contributed by atoms with Crippen LogP contribution in [-0.4, -0.2) is 37.3 Å².